The predicted molar refractivity (Wildman–Crippen MR) is 63.1 cm³/mol. The summed E-state index contributed by atoms with van der Waals surface area (Å²) in [6, 6.07) is 3.80. The SMILES string of the molecule is CC=Nc1cc(C)c(C(=O)NC)cc1C. The van der Waals surface area contributed by atoms with Crippen LogP contribution in [0.3, 0.4) is 0 Å². The fourth-order valence-corrected chi connectivity index (χ4v) is 1.46. The molecular weight excluding hydrogens is 188 g/mol. The van der Waals surface area contributed by atoms with E-state index in [-0.39, 0.29) is 5.91 Å². The monoisotopic (exact) mass is 204 g/mol. The number of aryl methyl sites for hydroxylation is 2. The zero-order valence-corrected chi connectivity index (χ0v) is 9.59. The van der Waals surface area contributed by atoms with E-state index in [1.165, 1.54) is 0 Å². The Kier molecular flexibility index (Phi) is 3.61. The first-order valence-electron chi connectivity index (χ1n) is 4.92. The molecule has 3 nitrogen and oxygen atoms in total. The summed E-state index contributed by atoms with van der Waals surface area (Å²) in [5.74, 6) is -0.0531. The molecule has 3 heteroatoms. The normalized spacial score (nSPS) is 10.7. The molecule has 0 radical (unpaired) electrons. The number of carbonyl (C=O) groups is 1. The second kappa shape index (κ2) is 4.73. The van der Waals surface area contributed by atoms with E-state index in [9.17, 15) is 4.79 Å². The standard InChI is InChI=1S/C12H16N2O/c1-5-14-11-7-8(2)10(6-9(11)3)12(15)13-4/h5-7H,1-4H3,(H,13,15). The molecule has 0 atom stereocenters. The van der Waals surface area contributed by atoms with Crippen molar-refractivity contribution >= 4 is 17.8 Å². The maximum Gasteiger partial charge on any atom is 0.251 e. The Bertz CT molecular complexity index is 408. The summed E-state index contributed by atoms with van der Waals surface area (Å²) in [6.45, 7) is 5.74. The third-order valence-corrected chi connectivity index (χ3v) is 2.28. The molecule has 80 valence electrons. The molecule has 0 unspecified atom stereocenters. The first-order valence-corrected chi connectivity index (χ1v) is 4.92. The first-order chi connectivity index (χ1) is 7.10. The maximum absolute atomic E-state index is 11.5. The molecule has 0 aliphatic rings. The Morgan fingerprint density at radius 3 is 2.53 bits per heavy atom. The Morgan fingerprint density at radius 2 is 2.00 bits per heavy atom. The molecule has 0 fully saturated rings. The minimum Gasteiger partial charge on any atom is -0.355 e. The topological polar surface area (TPSA) is 41.5 Å². The van der Waals surface area contributed by atoms with Crippen molar-refractivity contribution in [1.82, 2.24) is 5.32 Å². The van der Waals surface area contributed by atoms with Crippen LogP contribution in [0, 0.1) is 13.8 Å². The molecule has 1 rings (SSSR count). The average molecular weight is 204 g/mol. The van der Waals surface area contributed by atoms with Gasteiger partial charge < -0.3 is 5.32 Å². The summed E-state index contributed by atoms with van der Waals surface area (Å²) < 4.78 is 0. The van der Waals surface area contributed by atoms with Crippen molar-refractivity contribution in [3.8, 4) is 0 Å². The Hall–Kier alpha value is -1.64. The van der Waals surface area contributed by atoms with Gasteiger partial charge in [0.1, 0.15) is 0 Å². The molecule has 0 spiro atoms. The maximum atomic E-state index is 11.5. The summed E-state index contributed by atoms with van der Waals surface area (Å²) in [5, 5.41) is 2.62. The van der Waals surface area contributed by atoms with Gasteiger partial charge in [-0.05, 0) is 44.0 Å². The molecule has 1 aromatic carbocycles. The molecule has 0 aliphatic heterocycles. The Morgan fingerprint density at radius 1 is 1.33 bits per heavy atom. The zero-order chi connectivity index (χ0) is 11.4. The van der Waals surface area contributed by atoms with Crippen molar-refractivity contribution in [2.24, 2.45) is 4.99 Å². The zero-order valence-electron chi connectivity index (χ0n) is 9.59. The van der Waals surface area contributed by atoms with Crippen LogP contribution in [0.25, 0.3) is 0 Å². The van der Waals surface area contributed by atoms with Gasteiger partial charge in [-0.25, -0.2) is 0 Å². The number of rotatable bonds is 2. The summed E-state index contributed by atoms with van der Waals surface area (Å²) in [5.41, 5.74) is 3.59. The van der Waals surface area contributed by atoms with Crippen molar-refractivity contribution in [3.63, 3.8) is 0 Å². The second-order valence-corrected chi connectivity index (χ2v) is 3.42. The van der Waals surface area contributed by atoms with E-state index in [2.05, 4.69) is 10.3 Å². The van der Waals surface area contributed by atoms with Crippen molar-refractivity contribution in [1.29, 1.82) is 0 Å². The highest BCUT2D eigenvalue weighted by molar-refractivity contribution is 5.96. The largest absolute Gasteiger partial charge is 0.355 e. The quantitative estimate of drug-likeness (QED) is 0.738. The second-order valence-electron chi connectivity index (χ2n) is 3.42. The van der Waals surface area contributed by atoms with E-state index >= 15 is 0 Å². The molecule has 1 amide bonds. The number of benzene rings is 1. The van der Waals surface area contributed by atoms with Gasteiger partial charge in [0, 0.05) is 18.8 Å². The fraction of sp³-hybridized carbons (Fsp3) is 0.333. The van der Waals surface area contributed by atoms with Crippen molar-refractivity contribution in [3.05, 3.63) is 28.8 Å². The smallest absolute Gasteiger partial charge is 0.251 e. The van der Waals surface area contributed by atoms with Crippen molar-refractivity contribution in [2.75, 3.05) is 7.05 Å². The van der Waals surface area contributed by atoms with E-state index in [1.807, 2.05) is 32.9 Å². The van der Waals surface area contributed by atoms with Crippen molar-refractivity contribution in [2.45, 2.75) is 20.8 Å². The first kappa shape index (κ1) is 11.4. The number of amides is 1. The number of hydrogen-bond donors (Lipinski definition) is 1. The van der Waals surface area contributed by atoms with Crippen LogP contribution in [0.2, 0.25) is 0 Å². The minimum atomic E-state index is -0.0531. The van der Waals surface area contributed by atoms with Crippen molar-refractivity contribution < 1.29 is 4.79 Å². The predicted octanol–water partition coefficient (Wildman–Crippen LogP) is 2.39. The van der Waals surface area contributed by atoms with Gasteiger partial charge in [0.05, 0.1) is 5.69 Å². The Labute approximate surface area is 90.2 Å². The lowest BCUT2D eigenvalue weighted by atomic mass is 10.0. The van der Waals surface area contributed by atoms with Gasteiger partial charge in [-0.3, -0.25) is 9.79 Å². The van der Waals surface area contributed by atoms with E-state index in [1.54, 1.807) is 13.3 Å². The molecule has 0 saturated carbocycles. The summed E-state index contributed by atoms with van der Waals surface area (Å²) in [6.07, 6.45) is 1.75. The molecule has 15 heavy (non-hydrogen) atoms. The summed E-state index contributed by atoms with van der Waals surface area (Å²) >= 11 is 0. The van der Waals surface area contributed by atoms with E-state index in [4.69, 9.17) is 0 Å². The van der Waals surface area contributed by atoms with E-state index < -0.39 is 0 Å². The van der Waals surface area contributed by atoms with Gasteiger partial charge in [0.2, 0.25) is 0 Å². The third-order valence-electron chi connectivity index (χ3n) is 2.28. The molecule has 0 heterocycles. The van der Waals surface area contributed by atoms with Gasteiger partial charge in [0.25, 0.3) is 5.91 Å². The van der Waals surface area contributed by atoms with Crippen LogP contribution in [0.5, 0.6) is 0 Å². The number of nitrogens with one attached hydrogen (secondary N) is 1. The van der Waals surface area contributed by atoms with Crippen LogP contribution in [0.1, 0.15) is 28.4 Å². The molecule has 0 aliphatic carbocycles. The van der Waals surface area contributed by atoms with Crippen LogP contribution in [0.15, 0.2) is 17.1 Å². The van der Waals surface area contributed by atoms with Gasteiger partial charge in [-0.2, -0.15) is 0 Å². The summed E-state index contributed by atoms with van der Waals surface area (Å²) in [7, 11) is 1.63. The molecule has 0 bridgehead atoms. The fourth-order valence-electron chi connectivity index (χ4n) is 1.46. The number of aliphatic imine (C=N–C) groups is 1. The van der Waals surface area contributed by atoms with Crippen LogP contribution < -0.4 is 5.32 Å². The number of carbonyl (C=O) groups excluding carboxylic acids is 1. The highest BCUT2D eigenvalue weighted by Gasteiger charge is 2.09. The third kappa shape index (κ3) is 2.43. The highest BCUT2D eigenvalue weighted by atomic mass is 16.1. The molecule has 1 N–H and O–H groups in total. The highest BCUT2D eigenvalue weighted by Crippen LogP contribution is 2.22. The Balaban J connectivity index is 3.25. The van der Waals surface area contributed by atoms with Crippen LogP contribution in [0.4, 0.5) is 5.69 Å². The lowest BCUT2D eigenvalue weighted by Gasteiger charge is -2.08. The molecule has 1 aromatic rings. The van der Waals surface area contributed by atoms with Gasteiger partial charge in [0.15, 0.2) is 0 Å². The average Bonchev–Trinajstić information content (AvgIpc) is 2.22. The van der Waals surface area contributed by atoms with E-state index in [0.29, 0.717) is 5.56 Å². The van der Waals surface area contributed by atoms with Gasteiger partial charge >= 0.3 is 0 Å². The molecular formula is C12H16N2O. The van der Waals surface area contributed by atoms with E-state index in [0.717, 1.165) is 16.8 Å². The summed E-state index contributed by atoms with van der Waals surface area (Å²) in [4.78, 5) is 15.7. The number of nitrogens with zero attached hydrogens (tertiary/aromatic N) is 1. The molecule has 0 aromatic heterocycles. The van der Waals surface area contributed by atoms with Gasteiger partial charge in [-0.1, -0.05) is 0 Å². The number of hydrogen-bond acceptors (Lipinski definition) is 2. The van der Waals surface area contributed by atoms with Crippen LogP contribution in [-0.4, -0.2) is 19.2 Å². The molecule has 0 saturated heterocycles. The minimum absolute atomic E-state index is 0.0531. The lowest BCUT2D eigenvalue weighted by Crippen LogP contribution is -2.19. The van der Waals surface area contributed by atoms with Crippen LogP contribution >= 0.6 is 0 Å². The van der Waals surface area contributed by atoms with Gasteiger partial charge in [-0.15, -0.1) is 0 Å². The lowest BCUT2D eigenvalue weighted by molar-refractivity contribution is 0.0962. The van der Waals surface area contributed by atoms with Crippen LogP contribution in [-0.2, 0) is 0 Å².